The van der Waals surface area contributed by atoms with Crippen molar-refractivity contribution in [3.8, 4) is 11.5 Å². The summed E-state index contributed by atoms with van der Waals surface area (Å²) in [5.74, 6) is 0.516. The molecule has 22 heavy (non-hydrogen) atoms. The van der Waals surface area contributed by atoms with E-state index in [9.17, 15) is 9.90 Å². The van der Waals surface area contributed by atoms with Crippen molar-refractivity contribution in [2.45, 2.75) is 52.1 Å². The van der Waals surface area contributed by atoms with Gasteiger partial charge in [0.05, 0.1) is 18.6 Å². The Morgan fingerprint density at radius 1 is 1.36 bits per heavy atom. The largest absolute Gasteiger partial charge is 0.493 e. The Bertz CT molecular complexity index is 548. The van der Waals surface area contributed by atoms with Crippen molar-refractivity contribution >= 4 is 21.9 Å². The summed E-state index contributed by atoms with van der Waals surface area (Å²) in [4.78, 5) is 11.4. The summed E-state index contributed by atoms with van der Waals surface area (Å²) in [5, 5.41) is 9.39. The van der Waals surface area contributed by atoms with E-state index >= 15 is 0 Å². The highest BCUT2D eigenvalue weighted by molar-refractivity contribution is 9.10. The lowest BCUT2D eigenvalue weighted by Gasteiger charge is -2.24. The Morgan fingerprint density at radius 3 is 2.55 bits per heavy atom. The van der Waals surface area contributed by atoms with E-state index in [2.05, 4.69) is 15.9 Å². The fourth-order valence-corrected chi connectivity index (χ4v) is 3.25. The molecule has 1 fully saturated rings. The number of carboxylic acids is 1. The van der Waals surface area contributed by atoms with Crippen molar-refractivity contribution in [1.82, 2.24) is 0 Å². The second kappa shape index (κ2) is 6.90. The Labute approximate surface area is 139 Å². The number of rotatable bonds is 6. The minimum absolute atomic E-state index is 0.196. The van der Waals surface area contributed by atoms with E-state index < -0.39 is 11.4 Å². The summed E-state index contributed by atoms with van der Waals surface area (Å²) in [7, 11) is 1.61. The molecule has 1 saturated carbocycles. The van der Waals surface area contributed by atoms with Crippen LogP contribution in [-0.4, -0.2) is 24.3 Å². The maximum Gasteiger partial charge on any atom is 0.309 e. The van der Waals surface area contributed by atoms with E-state index in [4.69, 9.17) is 9.47 Å². The van der Waals surface area contributed by atoms with Crippen LogP contribution < -0.4 is 9.47 Å². The molecule has 1 aliphatic carbocycles. The summed E-state index contributed by atoms with van der Waals surface area (Å²) in [6.07, 6.45) is 5.03. The summed E-state index contributed by atoms with van der Waals surface area (Å²) in [5.41, 5.74) is 0.00471. The first kappa shape index (κ1) is 17.1. The lowest BCUT2D eigenvalue weighted by Crippen LogP contribution is -2.27. The normalized spacial score (nSPS) is 15.8. The highest BCUT2D eigenvalue weighted by Gasteiger charge is 2.30. The average molecular weight is 371 g/mol. The van der Waals surface area contributed by atoms with Gasteiger partial charge < -0.3 is 14.6 Å². The van der Waals surface area contributed by atoms with E-state index in [1.165, 1.54) is 12.8 Å². The number of hydrogen-bond acceptors (Lipinski definition) is 3. The van der Waals surface area contributed by atoms with Crippen LogP contribution in [0.15, 0.2) is 16.6 Å². The molecule has 0 unspecified atom stereocenters. The summed E-state index contributed by atoms with van der Waals surface area (Å²) < 4.78 is 12.5. The van der Waals surface area contributed by atoms with E-state index in [1.54, 1.807) is 21.0 Å². The Kier molecular flexibility index (Phi) is 5.37. The van der Waals surface area contributed by atoms with Crippen LogP contribution in [0.5, 0.6) is 11.5 Å². The predicted octanol–water partition coefficient (Wildman–Crippen LogP) is 4.43. The molecule has 0 saturated heterocycles. The standard InChI is InChI=1S/C17H23BrO4/c1-17(2,16(19)20)10-11-8-12(18)9-14(21-3)15(11)22-13-6-4-5-7-13/h8-9,13H,4-7,10H2,1-3H3,(H,19,20). The van der Waals surface area contributed by atoms with Gasteiger partial charge in [0.2, 0.25) is 0 Å². The first-order chi connectivity index (χ1) is 10.3. The maximum atomic E-state index is 11.4. The Morgan fingerprint density at radius 2 is 2.00 bits per heavy atom. The molecule has 4 nitrogen and oxygen atoms in total. The summed E-state index contributed by atoms with van der Waals surface area (Å²) in [6.45, 7) is 3.45. The molecule has 5 heteroatoms. The quantitative estimate of drug-likeness (QED) is 0.804. The zero-order valence-corrected chi connectivity index (χ0v) is 14.9. The second-order valence-corrected chi connectivity index (χ2v) is 7.40. The third-order valence-electron chi connectivity index (χ3n) is 4.11. The van der Waals surface area contributed by atoms with Gasteiger partial charge in [0.25, 0.3) is 0 Å². The van der Waals surface area contributed by atoms with Crippen molar-refractivity contribution in [3.05, 3.63) is 22.2 Å². The van der Waals surface area contributed by atoms with Gasteiger partial charge in [-0.2, -0.15) is 0 Å². The van der Waals surface area contributed by atoms with Crippen LogP contribution in [0, 0.1) is 5.41 Å². The molecule has 1 aliphatic rings. The Hall–Kier alpha value is -1.23. The van der Waals surface area contributed by atoms with Crippen LogP contribution in [0.2, 0.25) is 0 Å². The van der Waals surface area contributed by atoms with Crippen molar-refractivity contribution in [2.24, 2.45) is 5.41 Å². The fraction of sp³-hybridized carbons (Fsp3) is 0.588. The predicted molar refractivity (Wildman–Crippen MR) is 88.7 cm³/mol. The van der Waals surface area contributed by atoms with Crippen LogP contribution >= 0.6 is 15.9 Å². The molecule has 0 heterocycles. The average Bonchev–Trinajstić information content (AvgIpc) is 2.93. The van der Waals surface area contributed by atoms with Crippen molar-refractivity contribution in [2.75, 3.05) is 7.11 Å². The summed E-state index contributed by atoms with van der Waals surface area (Å²) >= 11 is 3.46. The molecule has 0 aliphatic heterocycles. The second-order valence-electron chi connectivity index (χ2n) is 6.49. The first-order valence-corrected chi connectivity index (χ1v) is 8.39. The van der Waals surface area contributed by atoms with Gasteiger partial charge in [-0.25, -0.2) is 0 Å². The molecule has 1 aromatic carbocycles. The molecule has 0 amide bonds. The van der Waals surface area contributed by atoms with Gasteiger partial charge in [-0.1, -0.05) is 15.9 Å². The maximum absolute atomic E-state index is 11.4. The zero-order valence-electron chi connectivity index (χ0n) is 13.3. The molecule has 1 aromatic rings. The van der Waals surface area contributed by atoms with Gasteiger partial charge in [0.1, 0.15) is 0 Å². The molecular formula is C17H23BrO4. The lowest BCUT2D eigenvalue weighted by atomic mass is 9.85. The number of hydrogen-bond donors (Lipinski definition) is 1. The van der Waals surface area contributed by atoms with Gasteiger partial charge in [0, 0.05) is 10.0 Å². The highest BCUT2D eigenvalue weighted by atomic mass is 79.9. The molecule has 0 bridgehead atoms. The SMILES string of the molecule is COc1cc(Br)cc(CC(C)(C)C(=O)O)c1OC1CCCC1. The van der Waals surface area contributed by atoms with Crippen LogP contribution in [0.1, 0.15) is 45.1 Å². The number of carbonyl (C=O) groups is 1. The van der Waals surface area contributed by atoms with Gasteiger partial charge >= 0.3 is 5.97 Å². The number of halogens is 1. The molecule has 2 rings (SSSR count). The van der Waals surface area contributed by atoms with E-state index in [0.717, 1.165) is 22.9 Å². The number of aliphatic carboxylic acids is 1. The van der Waals surface area contributed by atoms with Crippen LogP contribution in [0.4, 0.5) is 0 Å². The van der Waals surface area contributed by atoms with Gasteiger partial charge in [-0.15, -0.1) is 0 Å². The molecule has 0 aromatic heterocycles. The lowest BCUT2D eigenvalue weighted by molar-refractivity contribution is -0.146. The van der Waals surface area contributed by atoms with Crippen LogP contribution in [-0.2, 0) is 11.2 Å². The van der Waals surface area contributed by atoms with Crippen molar-refractivity contribution in [3.63, 3.8) is 0 Å². The molecule has 122 valence electrons. The van der Waals surface area contributed by atoms with E-state index in [1.807, 2.05) is 12.1 Å². The highest BCUT2D eigenvalue weighted by Crippen LogP contribution is 2.40. The molecule has 0 atom stereocenters. The first-order valence-electron chi connectivity index (χ1n) is 7.60. The smallest absolute Gasteiger partial charge is 0.309 e. The van der Waals surface area contributed by atoms with E-state index in [0.29, 0.717) is 17.9 Å². The topological polar surface area (TPSA) is 55.8 Å². The third-order valence-corrected chi connectivity index (χ3v) is 4.57. The molecule has 0 radical (unpaired) electrons. The Balaban J connectivity index is 2.36. The van der Waals surface area contributed by atoms with E-state index in [-0.39, 0.29) is 6.10 Å². The third kappa shape index (κ3) is 3.94. The molecule has 0 spiro atoms. The van der Waals surface area contributed by atoms with Crippen LogP contribution in [0.3, 0.4) is 0 Å². The van der Waals surface area contributed by atoms with Gasteiger partial charge in [0.15, 0.2) is 11.5 Å². The minimum atomic E-state index is -0.862. The van der Waals surface area contributed by atoms with Crippen LogP contribution in [0.25, 0.3) is 0 Å². The van der Waals surface area contributed by atoms with Crippen molar-refractivity contribution in [1.29, 1.82) is 0 Å². The van der Waals surface area contributed by atoms with Crippen molar-refractivity contribution < 1.29 is 19.4 Å². The summed E-state index contributed by atoms with van der Waals surface area (Å²) in [6, 6.07) is 3.79. The minimum Gasteiger partial charge on any atom is -0.493 e. The fourth-order valence-electron chi connectivity index (χ4n) is 2.76. The monoisotopic (exact) mass is 370 g/mol. The van der Waals surface area contributed by atoms with Gasteiger partial charge in [-0.3, -0.25) is 4.79 Å². The number of methoxy groups -OCH3 is 1. The molecule has 1 N–H and O–H groups in total. The number of carboxylic acid groups (broad SMARTS) is 1. The zero-order chi connectivity index (χ0) is 16.3. The number of benzene rings is 1. The number of ether oxygens (including phenoxy) is 2. The molecular weight excluding hydrogens is 348 g/mol. The van der Waals surface area contributed by atoms with Gasteiger partial charge in [-0.05, 0) is 58.1 Å².